The zero-order valence-electron chi connectivity index (χ0n) is 8.14. The molecule has 0 amide bonds. The molecule has 0 rings (SSSR count). The number of hydrogen-bond acceptors (Lipinski definition) is 4. The molecule has 78 valence electrons. The zero-order valence-corrected chi connectivity index (χ0v) is 8.14. The highest BCUT2D eigenvalue weighted by atomic mass is 16.3. The Bertz CT molecular complexity index is 160. The molecule has 5 nitrogen and oxygen atoms in total. The van der Waals surface area contributed by atoms with E-state index in [0.717, 1.165) is 0 Å². The van der Waals surface area contributed by atoms with Crippen LogP contribution in [-0.4, -0.2) is 60.1 Å². The quantitative estimate of drug-likeness (QED) is 0.346. The first-order valence-electron chi connectivity index (χ1n) is 4.21. The fourth-order valence-electron chi connectivity index (χ4n) is 1.27. The van der Waals surface area contributed by atoms with Crippen molar-refractivity contribution in [2.45, 2.75) is 31.3 Å². The highest BCUT2D eigenvalue weighted by Gasteiger charge is 2.34. The van der Waals surface area contributed by atoms with Gasteiger partial charge in [0.25, 0.3) is 0 Å². The number of carbonyl (C=O) groups excluding carboxylic acids is 1. The number of carbonyl (C=O) groups is 1. The molecular weight excluding hydrogens is 174 g/mol. The summed E-state index contributed by atoms with van der Waals surface area (Å²) < 4.78 is 0. The predicted octanol–water partition coefficient (Wildman–Crippen LogP) is -3.20. The van der Waals surface area contributed by atoms with Gasteiger partial charge in [-0.1, -0.05) is 0 Å². The molecule has 0 aromatic rings. The minimum atomic E-state index is -1.26. The number of quaternary nitrogens is 1. The number of aliphatic hydroxyl groups excluding tert-OH is 3. The van der Waals surface area contributed by atoms with Crippen LogP contribution in [0.5, 0.6) is 0 Å². The van der Waals surface area contributed by atoms with E-state index in [1.165, 1.54) is 6.92 Å². The topological polar surface area (TPSA) is 82.2 Å². The first kappa shape index (κ1) is 12.5. The highest BCUT2D eigenvalue weighted by Crippen LogP contribution is 2.00. The average molecular weight is 192 g/mol. The molecule has 0 fully saturated rings. The molecule has 5 heteroatoms. The molecule has 0 aromatic heterocycles. The maximum Gasteiger partial charge on any atom is 0.163 e. The van der Waals surface area contributed by atoms with Crippen molar-refractivity contribution in [2.75, 3.05) is 14.1 Å². The molecular formula is C8H18NO4+. The van der Waals surface area contributed by atoms with Gasteiger partial charge in [-0.2, -0.15) is 0 Å². The Kier molecular flexibility index (Phi) is 5.09. The monoisotopic (exact) mass is 192 g/mol. The van der Waals surface area contributed by atoms with Crippen LogP contribution in [0.4, 0.5) is 0 Å². The minimum Gasteiger partial charge on any atom is -0.390 e. The third kappa shape index (κ3) is 3.40. The molecule has 0 aliphatic carbocycles. The molecule has 13 heavy (non-hydrogen) atoms. The lowest BCUT2D eigenvalue weighted by molar-refractivity contribution is -0.893. The summed E-state index contributed by atoms with van der Waals surface area (Å²) in [7, 11) is 3.39. The third-order valence-electron chi connectivity index (χ3n) is 2.04. The second-order valence-electron chi connectivity index (χ2n) is 3.46. The fraction of sp³-hybridized carbons (Fsp3) is 0.875. The Labute approximate surface area is 77.6 Å². The van der Waals surface area contributed by atoms with Crippen molar-refractivity contribution >= 4 is 6.29 Å². The second-order valence-corrected chi connectivity index (χ2v) is 3.46. The van der Waals surface area contributed by atoms with Crippen molar-refractivity contribution in [3.8, 4) is 0 Å². The predicted molar refractivity (Wildman–Crippen MR) is 46.4 cm³/mol. The van der Waals surface area contributed by atoms with Gasteiger partial charge < -0.3 is 25.0 Å². The minimum absolute atomic E-state index is 0.364. The van der Waals surface area contributed by atoms with E-state index >= 15 is 0 Å². The molecule has 0 saturated carbocycles. The van der Waals surface area contributed by atoms with E-state index in [1.807, 2.05) is 0 Å². The Hall–Kier alpha value is -0.490. The van der Waals surface area contributed by atoms with Gasteiger partial charge in [0, 0.05) is 0 Å². The van der Waals surface area contributed by atoms with E-state index in [9.17, 15) is 15.0 Å². The lowest BCUT2D eigenvalue weighted by Gasteiger charge is -2.28. The van der Waals surface area contributed by atoms with Gasteiger partial charge >= 0.3 is 0 Å². The lowest BCUT2D eigenvalue weighted by Crippen LogP contribution is -3.13. The molecule has 4 atom stereocenters. The Morgan fingerprint density at radius 1 is 1.23 bits per heavy atom. The van der Waals surface area contributed by atoms with Crippen LogP contribution in [0.25, 0.3) is 0 Å². The average Bonchev–Trinajstić information content (AvgIpc) is 2.03. The van der Waals surface area contributed by atoms with Crippen LogP contribution in [0.3, 0.4) is 0 Å². The summed E-state index contributed by atoms with van der Waals surface area (Å²) in [5.41, 5.74) is 0. The highest BCUT2D eigenvalue weighted by molar-refractivity contribution is 5.56. The smallest absolute Gasteiger partial charge is 0.163 e. The molecule has 4 N–H and O–H groups in total. The van der Waals surface area contributed by atoms with Crippen LogP contribution < -0.4 is 4.90 Å². The van der Waals surface area contributed by atoms with E-state index in [-0.39, 0.29) is 0 Å². The number of aliphatic hydroxyl groups is 3. The van der Waals surface area contributed by atoms with Crippen LogP contribution in [0, 0.1) is 0 Å². The van der Waals surface area contributed by atoms with Gasteiger partial charge in [-0.05, 0) is 6.92 Å². The third-order valence-corrected chi connectivity index (χ3v) is 2.04. The van der Waals surface area contributed by atoms with Crippen molar-refractivity contribution in [1.29, 1.82) is 0 Å². The molecule has 0 spiro atoms. The lowest BCUT2D eigenvalue weighted by atomic mass is 10.0. The fourth-order valence-corrected chi connectivity index (χ4v) is 1.27. The maximum atomic E-state index is 10.3. The largest absolute Gasteiger partial charge is 0.390 e. The van der Waals surface area contributed by atoms with Gasteiger partial charge in [0.2, 0.25) is 0 Å². The first-order chi connectivity index (χ1) is 5.91. The summed E-state index contributed by atoms with van der Waals surface area (Å²) in [6, 6.07) is -0.697. The summed E-state index contributed by atoms with van der Waals surface area (Å²) in [6.07, 6.45) is -2.96. The second kappa shape index (κ2) is 5.29. The van der Waals surface area contributed by atoms with Gasteiger partial charge in [-0.25, -0.2) is 0 Å². The molecule has 0 heterocycles. The molecule has 0 aliphatic heterocycles. The molecule has 0 aliphatic rings. The molecule has 0 aromatic carbocycles. The molecule has 0 saturated heterocycles. The molecule has 0 bridgehead atoms. The SMILES string of the molecule is C[C@@H](O)[C@@H](O)[C@@H]([C@@H](O)C=O)[NH+](C)C. The van der Waals surface area contributed by atoms with E-state index < -0.39 is 24.4 Å². The van der Waals surface area contributed by atoms with Gasteiger partial charge in [0.05, 0.1) is 20.2 Å². The number of likely N-dealkylation sites (N-methyl/N-ethyl adjacent to an activating group) is 1. The Balaban J connectivity index is 4.50. The maximum absolute atomic E-state index is 10.3. The Morgan fingerprint density at radius 3 is 1.92 bits per heavy atom. The summed E-state index contributed by atoms with van der Waals surface area (Å²) in [5.74, 6) is 0. The summed E-state index contributed by atoms with van der Waals surface area (Å²) in [5, 5.41) is 27.8. The van der Waals surface area contributed by atoms with E-state index in [4.69, 9.17) is 5.11 Å². The van der Waals surface area contributed by atoms with Crippen molar-refractivity contribution < 1.29 is 25.0 Å². The van der Waals surface area contributed by atoms with E-state index in [2.05, 4.69) is 0 Å². The van der Waals surface area contributed by atoms with Crippen LogP contribution in [0.1, 0.15) is 6.92 Å². The summed E-state index contributed by atoms with van der Waals surface area (Å²) >= 11 is 0. The van der Waals surface area contributed by atoms with E-state index in [1.54, 1.807) is 14.1 Å². The zero-order chi connectivity index (χ0) is 10.6. The van der Waals surface area contributed by atoms with Crippen molar-refractivity contribution in [1.82, 2.24) is 0 Å². The van der Waals surface area contributed by atoms with Gasteiger partial charge in [-0.3, -0.25) is 0 Å². The van der Waals surface area contributed by atoms with Crippen molar-refractivity contribution in [3.63, 3.8) is 0 Å². The summed E-state index contributed by atoms with van der Waals surface area (Å²) in [6.45, 7) is 1.41. The summed E-state index contributed by atoms with van der Waals surface area (Å²) in [4.78, 5) is 11.0. The number of nitrogens with one attached hydrogen (secondary N) is 1. The molecule has 0 radical (unpaired) electrons. The molecule has 0 unspecified atom stereocenters. The van der Waals surface area contributed by atoms with E-state index in [0.29, 0.717) is 11.2 Å². The Morgan fingerprint density at radius 2 is 1.69 bits per heavy atom. The van der Waals surface area contributed by atoms with Gasteiger partial charge in [0.15, 0.2) is 12.4 Å². The van der Waals surface area contributed by atoms with Crippen LogP contribution in [0.15, 0.2) is 0 Å². The van der Waals surface area contributed by atoms with Crippen LogP contribution in [0.2, 0.25) is 0 Å². The van der Waals surface area contributed by atoms with Gasteiger partial charge in [0.1, 0.15) is 12.1 Å². The normalized spacial score (nSPS) is 20.8. The van der Waals surface area contributed by atoms with Crippen molar-refractivity contribution in [2.24, 2.45) is 0 Å². The number of hydrogen-bond donors (Lipinski definition) is 4. The van der Waals surface area contributed by atoms with Crippen molar-refractivity contribution in [3.05, 3.63) is 0 Å². The van der Waals surface area contributed by atoms with Crippen LogP contribution in [-0.2, 0) is 4.79 Å². The van der Waals surface area contributed by atoms with Crippen LogP contribution >= 0.6 is 0 Å². The number of rotatable bonds is 5. The first-order valence-corrected chi connectivity index (χ1v) is 4.21. The number of aldehydes is 1. The van der Waals surface area contributed by atoms with Gasteiger partial charge in [-0.15, -0.1) is 0 Å². The standard InChI is InChI=1S/C8H17NO4/c1-5(11)8(13)7(9(2)3)6(12)4-10/h4-8,11-13H,1-3H3/p+1/t5-,6+,7-,8-/m1/s1.